The third-order valence-corrected chi connectivity index (χ3v) is 4.86. The number of nitrogens with one attached hydrogen (secondary N) is 1. The molecule has 0 saturated heterocycles. The van der Waals surface area contributed by atoms with Gasteiger partial charge < -0.3 is 5.32 Å². The van der Waals surface area contributed by atoms with E-state index in [-0.39, 0.29) is 10.6 Å². The summed E-state index contributed by atoms with van der Waals surface area (Å²) >= 11 is 0. The molecule has 28 heavy (non-hydrogen) atoms. The number of aromatic nitrogens is 2. The number of para-hydroxylation sites is 2. The van der Waals surface area contributed by atoms with Gasteiger partial charge in [-0.1, -0.05) is 30.3 Å². The lowest BCUT2D eigenvalue weighted by Gasteiger charge is -2.14. The van der Waals surface area contributed by atoms with Gasteiger partial charge in [-0.25, -0.2) is 4.98 Å². The largest absolute Gasteiger partial charge is 0.339 e. The summed E-state index contributed by atoms with van der Waals surface area (Å²) in [4.78, 5) is 16.0. The Morgan fingerprint density at radius 1 is 1.00 bits per heavy atom. The first-order chi connectivity index (χ1) is 13.5. The average molecular weight is 372 g/mol. The molecule has 0 spiro atoms. The molecule has 6 nitrogen and oxygen atoms in total. The fraction of sp³-hybridized carbons (Fsp3) is 0.136. The number of hydrogen-bond acceptors (Lipinski definition) is 4. The van der Waals surface area contributed by atoms with Gasteiger partial charge >= 0.3 is 0 Å². The average Bonchev–Trinajstić information content (AvgIpc) is 3.02. The van der Waals surface area contributed by atoms with Crippen LogP contribution in [0.2, 0.25) is 0 Å². The van der Waals surface area contributed by atoms with E-state index in [4.69, 9.17) is 4.98 Å². The number of nitrogens with zero attached hydrogens (tertiary/aromatic N) is 3. The Kier molecular flexibility index (Phi) is 4.31. The Morgan fingerprint density at radius 2 is 1.71 bits per heavy atom. The Hall–Kier alpha value is -3.67. The van der Waals surface area contributed by atoms with Crippen molar-refractivity contribution in [2.24, 2.45) is 0 Å². The SMILES string of the molecule is Cc1ccn2c(Nc3c(C)cccc3C)c(-c3ccccc3[N+](=O)[O-])nc2c1. The summed E-state index contributed by atoms with van der Waals surface area (Å²) in [5, 5.41) is 15.1. The molecule has 140 valence electrons. The lowest BCUT2D eigenvalue weighted by atomic mass is 10.1. The van der Waals surface area contributed by atoms with E-state index in [1.807, 2.05) is 61.7 Å². The molecule has 0 aliphatic carbocycles. The summed E-state index contributed by atoms with van der Waals surface area (Å²) in [6, 6.07) is 16.7. The Morgan fingerprint density at radius 3 is 2.43 bits per heavy atom. The van der Waals surface area contributed by atoms with Gasteiger partial charge in [0.25, 0.3) is 5.69 Å². The van der Waals surface area contributed by atoms with Gasteiger partial charge in [0.1, 0.15) is 17.2 Å². The molecule has 0 atom stereocenters. The third kappa shape index (κ3) is 2.99. The minimum atomic E-state index is -0.368. The van der Waals surface area contributed by atoms with Crippen LogP contribution in [0.4, 0.5) is 17.2 Å². The summed E-state index contributed by atoms with van der Waals surface area (Å²) in [5.41, 5.74) is 6.05. The van der Waals surface area contributed by atoms with Gasteiger partial charge in [0.05, 0.1) is 10.5 Å². The maximum Gasteiger partial charge on any atom is 0.278 e. The maximum atomic E-state index is 11.6. The highest BCUT2D eigenvalue weighted by molar-refractivity contribution is 5.85. The van der Waals surface area contributed by atoms with Crippen LogP contribution in [0.5, 0.6) is 0 Å². The Bertz CT molecular complexity index is 1190. The first-order valence-corrected chi connectivity index (χ1v) is 9.01. The monoisotopic (exact) mass is 372 g/mol. The molecular weight excluding hydrogens is 352 g/mol. The van der Waals surface area contributed by atoms with E-state index >= 15 is 0 Å². The second kappa shape index (κ2) is 6.81. The van der Waals surface area contributed by atoms with E-state index in [1.54, 1.807) is 18.2 Å². The van der Waals surface area contributed by atoms with Gasteiger partial charge in [-0.2, -0.15) is 0 Å². The first-order valence-electron chi connectivity index (χ1n) is 9.01. The number of aryl methyl sites for hydroxylation is 3. The van der Waals surface area contributed by atoms with Crippen molar-refractivity contribution in [1.82, 2.24) is 9.38 Å². The molecule has 0 bridgehead atoms. The molecule has 4 rings (SSSR count). The second-order valence-electron chi connectivity index (χ2n) is 6.91. The standard InChI is InChI=1S/C22H20N4O2/c1-14-11-12-25-19(13-14)23-21(17-9-4-5-10-18(17)26(27)28)22(25)24-20-15(2)7-6-8-16(20)3/h4-13,24H,1-3H3. The van der Waals surface area contributed by atoms with Crippen molar-refractivity contribution in [3.8, 4) is 11.3 Å². The van der Waals surface area contributed by atoms with Crippen LogP contribution in [0, 0.1) is 30.9 Å². The topological polar surface area (TPSA) is 72.5 Å². The number of imidazole rings is 1. The van der Waals surface area contributed by atoms with Gasteiger partial charge in [-0.05, 0) is 55.7 Å². The predicted octanol–water partition coefficient (Wildman–Crippen LogP) is 5.58. The van der Waals surface area contributed by atoms with Crippen molar-refractivity contribution >= 4 is 22.8 Å². The zero-order valence-electron chi connectivity index (χ0n) is 15.9. The number of fused-ring (bicyclic) bond motifs is 1. The van der Waals surface area contributed by atoms with E-state index in [1.165, 1.54) is 6.07 Å². The third-order valence-electron chi connectivity index (χ3n) is 4.86. The summed E-state index contributed by atoms with van der Waals surface area (Å²) in [6.07, 6.45) is 1.94. The van der Waals surface area contributed by atoms with Crippen LogP contribution in [-0.4, -0.2) is 14.3 Å². The predicted molar refractivity (Wildman–Crippen MR) is 111 cm³/mol. The van der Waals surface area contributed by atoms with Crippen molar-refractivity contribution in [3.63, 3.8) is 0 Å². The molecule has 0 aliphatic heterocycles. The highest BCUT2D eigenvalue weighted by Gasteiger charge is 2.22. The molecule has 6 heteroatoms. The highest BCUT2D eigenvalue weighted by Crippen LogP contribution is 2.37. The number of anilines is 2. The minimum Gasteiger partial charge on any atom is -0.339 e. The van der Waals surface area contributed by atoms with Crippen LogP contribution in [0.15, 0.2) is 60.8 Å². The number of pyridine rings is 1. The van der Waals surface area contributed by atoms with E-state index in [0.29, 0.717) is 17.1 Å². The molecule has 0 radical (unpaired) electrons. The number of hydrogen-bond donors (Lipinski definition) is 1. The lowest BCUT2D eigenvalue weighted by molar-refractivity contribution is -0.384. The lowest BCUT2D eigenvalue weighted by Crippen LogP contribution is -2.01. The van der Waals surface area contributed by atoms with Crippen molar-refractivity contribution in [2.45, 2.75) is 20.8 Å². The number of nitro groups is 1. The molecule has 0 fully saturated rings. The molecule has 1 N–H and O–H groups in total. The number of benzene rings is 2. The summed E-state index contributed by atoms with van der Waals surface area (Å²) in [6.45, 7) is 6.07. The highest BCUT2D eigenvalue weighted by atomic mass is 16.6. The van der Waals surface area contributed by atoms with E-state index in [0.717, 1.165) is 28.0 Å². The Labute approximate surface area is 162 Å². The second-order valence-corrected chi connectivity index (χ2v) is 6.91. The first kappa shape index (κ1) is 17.7. The quantitative estimate of drug-likeness (QED) is 0.375. The summed E-state index contributed by atoms with van der Waals surface area (Å²) < 4.78 is 1.94. The molecule has 0 aliphatic rings. The smallest absolute Gasteiger partial charge is 0.278 e. The van der Waals surface area contributed by atoms with Crippen LogP contribution >= 0.6 is 0 Å². The van der Waals surface area contributed by atoms with Crippen LogP contribution in [0.25, 0.3) is 16.9 Å². The maximum absolute atomic E-state index is 11.6. The zero-order valence-corrected chi connectivity index (χ0v) is 15.9. The molecule has 2 aromatic heterocycles. The van der Waals surface area contributed by atoms with Gasteiger partial charge in [0, 0.05) is 18.0 Å². The normalized spacial score (nSPS) is 11.0. The van der Waals surface area contributed by atoms with Crippen LogP contribution < -0.4 is 5.32 Å². The van der Waals surface area contributed by atoms with Crippen LogP contribution in [0.1, 0.15) is 16.7 Å². The number of nitro benzene ring substituents is 1. The molecule has 2 heterocycles. The van der Waals surface area contributed by atoms with Crippen molar-refractivity contribution < 1.29 is 4.92 Å². The van der Waals surface area contributed by atoms with E-state index in [2.05, 4.69) is 5.32 Å². The fourth-order valence-corrected chi connectivity index (χ4v) is 3.42. The van der Waals surface area contributed by atoms with E-state index in [9.17, 15) is 10.1 Å². The summed E-state index contributed by atoms with van der Waals surface area (Å²) in [7, 11) is 0. The molecule has 0 saturated carbocycles. The fourth-order valence-electron chi connectivity index (χ4n) is 3.42. The van der Waals surface area contributed by atoms with E-state index < -0.39 is 0 Å². The molecule has 2 aromatic carbocycles. The van der Waals surface area contributed by atoms with Crippen LogP contribution in [-0.2, 0) is 0 Å². The molecule has 4 aromatic rings. The van der Waals surface area contributed by atoms with Crippen LogP contribution in [0.3, 0.4) is 0 Å². The minimum absolute atomic E-state index is 0.0344. The zero-order chi connectivity index (χ0) is 19.8. The molecule has 0 amide bonds. The van der Waals surface area contributed by atoms with Gasteiger partial charge in [-0.15, -0.1) is 0 Å². The molecular formula is C22H20N4O2. The van der Waals surface area contributed by atoms with Crippen molar-refractivity contribution in [2.75, 3.05) is 5.32 Å². The van der Waals surface area contributed by atoms with Crippen molar-refractivity contribution in [3.05, 3.63) is 87.6 Å². The van der Waals surface area contributed by atoms with Gasteiger partial charge in [-0.3, -0.25) is 14.5 Å². The van der Waals surface area contributed by atoms with Crippen molar-refractivity contribution in [1.29, 1.82) is 0 Å². The summed E-state index contributed by atoms with van der Waals surface area (Å²) in [5.74, 6) is 0.710. The Balaban J connectivity index is 2.00. The van der Waals surface area contributed by atoms with Gasteiger partial charge in [0.15, 0.2) is 0 Å². The molecule has 0 unspecified atom stereocenters. The number of rotatable bonds is 4. The van der Waals surface area contributed by atoms with Gasteiger partial charge in [0.2, 0.25) is 0 Å².